The molecule has 0 aromatic carbocycles. The van der Waals surface area contributed by atoms with Crippen LogP contribution in [0, 0.1) is 0 Å². The minimum atomic E-state index is -3.13. The number of hydrogen-bond acceptors (Lipinski definition) is 2. The summed E-state index contributed by atoms with van der Waals surface area (Å²) in [6.45, 7) is 0.601. The van der Waals surface area contributed by atoms with Crippen LogP contribution in [0.1, 0.15) is 42.6 Å². The number of amides is 2. The van der Waals surface area contributed by atoms with E-state index in [0.29, 0.717) is 25.1 Å². The molecule has 0 unspecified atom stereocenters. The number of aryl methyl sites for hydroxylation is 1. The summed E-state index contributed by atoms with van der Waals surface area (Å²) in [5.74, 6) is -3.13. The highest BCUT2D eigenvalue weighted by Gasteiger charge is 2.39. The Bertz CT molecular complexity index is 523. The van der Waals surface area contributed by atoms with Crippen molar-refractivity contribution in [1.29, 1.82) is 0 Å². The van der Waals surface area contributed by atoms with Crippen molar-refractivity contribution in [1.82, 2.24) is 20.4 Å². The molecular weight excluding hydrogens is 278 g/mol. The quantitative estimate of drug-likeness (QED) is 0.898. The minimum Gasteiger partial charge on any atom is -0.331 e. The first kappa shape index (κ1) is 14.3. The Hall–Kier alpha value is -1.66. The monoisotopic (exact) mass is 298 g/mol. The van der Waals surface area contributed by atoms with Crippen molar-refractivity contribution in [2.45, 2.75) is 44.4 Å². The minimum absolute atomic E-state index is 0.195. The van der Waals surface area contributed by atoms with Gasteiger partial charge in [0.2, 0.25) is 0 Å². The van der Waals surface area contributed by atoms with E-state index in [0.717, 1.165) is 37.8 Å². The number of fused-ring (bicyclic) bond motifs is 1. The van der Waals surface area contributed by atoms with Crippen LogP contribution in [0.5, 0.6) is 0 Å². The molecule has 2 amide bonds. The summed E-state index contributed by atoms with van der Waals surface area (Å²) in [5, 5.41) is 8.87. The number of carbonyl (C=O) groups is 1. The normalized spacial score (nSPS) is 18.7. The second-order valence-electron chi connectivity index (χ2n) is 5.79. The maximum atomic E-state index is 14.3. The van der Waals surface area contributed by atoms with Gasteiger partial charge in [0, 0.05) is 24.3 Å². The van der Waals surface area contributed by atoms with E-state index >= 15 is 0 Å². The fraction of sp³-hybridized carbons (Fsp3) is 0.714. The van der Waals surface area contributed by atoms with Gasteiger partial charge >= 0.3 is 12.0 Å². The van der Waals surface area contributed by atoms with Gasteiger partial charge in [0.1, 0.15) is 5.69 Å². The molecule has 116 valence electrons. The lowest BCUT2D eigenvalue weighted by atomic mass is 9.94. The second kappa shape index (κ2) is 5.61. The summed E-state index contributed by atoms with van der Waals surface area (Å²) < 4.78 is 28.6. The molecule has 0 atom stereocenters. The Kier molecular flexibility index (Phi) is 3.82. The summed E-state index contributed by atoms with van der Waals surface area (Å²) in [5.41, 5.74) is 1.27. The smallest absolute Gasteiger partial charge is 0.317 e. The molecule has 1 saturated heterocycles. The van der Waals surface area contributed by atoms with Gasteiger partial charge in [-0.3, -0.25) is 5.10 Å². The third kappa shape index (κ3) is 2.87. The van der Waals surface area contributed by atoms with Crippen LogP contribution in [-0.4, -0.2) is 40.8 Å². The molecule has 1 aromatic heterocycles. The van der Waals surface area contributed by atoms with Crippen LogP contribution < -0.4 is 5.32 Å². The van der Waals surface area contributed by atoms with Crippen LogP contribution in [0.3, 0.4) is 0 Å². The molecule has 2 aliphatic rings. The highest BCUT2D eigenvalue weighted by molar-refractivity contribution is 5.74. The van der Waals surface area contributed by atoms with Crippen molar-refractivity contribution >= 4 is 6.03 Å². The van der Waals surface area contributed by atoms with E-state index in [9.17, 15) is 13.6 Å². The van der Waals surface area contributed by atoms with Crippen molar-refractivity contribution in [3.05, 3.63) is 17.0 Å². The number of nitrogens with one attached hydrogen (secondary N) is 2. The Balaban J connectivity index is 1.66. The number of halogens is 2. The average molecular weight is 298 g/mol. The predicted octanol–water partition coefficient (Wildman–Crippen LogP) is 2.19. The summed E-state index contributed by atoms with van der Waals surface area (Å²) in [4.78, 5) is 13.4. The van der Waals surface area contributed by atoms with Gasteiger partial charge in [-0.05, 0) is 38.5 Å². The number of carbonyl (C=O) groups excluding carboxylic acids is 1. The molecule has 7 heteroatoms. The van der Waals surface area contributed by atoms with E-state index in [1.807, 2.05) is 0 Å². The number of rotatable bonds is 3. The predicted molar refractivity (Wildman–Crippen MR) is 73.3 cm³/mol. The Morgan fingerprint density at radius 3 is 2.71 bits per heavy atom. The SMILES string of the molecule is O=C(NCC(F)(F)c1n[nH]c2c1CCCC2)N1CCCC1. The summed E-state index contributed by atoms with van der Waals surface area (Å²) in [6.07, 6.45) is 5.21. The van der Waals surface area contributed by atoms with E-state index in [1.165, 1.54) is 0 Å². The largest absolute Gasteiger partial charge is 0.331 e. The second-order valence-corrected chi connectivity index (χ2v) is 5.79. The molecular formula is C14H20F2N4O. The van der Waals surface area contributed by atoms with Crippen molar-refractivity contribution in [3.8, 4) is 0 Å². The summed E-state index contributed by atoms with van der Waals surface area (Å²) >= 11 is 0. The number of nitrogens with zero attached hydrogens (tertiary/aromatic N) is 2. The van der Waals surface area contributed by atoms with Gasteiger partial charge in [-0.15, -0.1) is 0 Å². The molecule has 5 nitrogen and oxygen atoms in total. The average Bonchev–Trinajstić information content (AvgIpc) is 3.14. The van der Waals surface area contributed by atoms with Gasteiger partial charge in [-0.2, -0.15) is 13.9 Å². The number of aromatic nitrogens is 2. The lowest BCUT2D eigenvalue weighted by molar-refractivity contribution is -0.00676. The molecule has 1 aliphatic heterocycles. The number of urea groups is 1. The number of likely N-dealkylation sites (tertiary alicyclic amines) is 1. The fourth-order valence-electron chi connectivity index (χ4n) is 3.09. The van der Waals surface area contributed by atoms with Gasteiger partial charge in [-0.25, -0.2) is 4.79 Å². The molecule has 3 rings (SSSR count). The molecule has 0 saturated carbocycles. The lowest BCUT2D eigenvalue weighted by Crippen LogP contribution is -2.43. The molecule has 2 heterocycles. The maximum absolute atomic E-state index is 14.3. The number of hydrogen-bond donors (Lipinski definition) is 2. The van der Waals surface area contributed by atoms with Gasteiger partial charge in [0.15, 0.2) is 0 Å². The maximum Gasteiger partial charge on any atom is 0.317 e. The third-order valence-corrected chi connectivity index (χ3v) is 4.26. The van der Waals surface area contributed by atoms with Crippen LogP contribution in [0.4, 0.5) is 13.6 Å². The molecule has 1 aliphatic carbocycles. The zero-order valence-corrected chi connectivity index (χ0v) is 11.9. The lowest BCUT2D eigenvalue weighted by Gasteiger charge is -2.21. The number of alkyl halides is 2. The van der Waals surface area contributed by atoms with E-state index in [2.05, 4.69) is 15.5 Å². The highest BCUT2D eigenvalue weighted by Crippen LogP contribution is 2.33. The summed E-state index contributed by atoms with van der Waals surface area (Å²) in [6, 6.07) is -0.406. The number of aromatic amines is 1. The highest BCUT2D eigenvalue weighted by atomic mass is 19.3. The fourth-order valence-corrected chi connectivity index (χ4v) is 3.09. The third-order valence-electron chi connectivity index (χ3n) is 4.26. The van der Waals surface area contributed by atoms with E-state index in [-0.39, 0.29) is 5.69 Å². The van der Waals surface area contributed by atoms with Gasteiger partial charge in [0.25, 0.3) is 0 Å². The van der Waals surface area contributed by atoms with E-state index in [4.69, 9.17) is 0 Å². The standard InChI is InChI=1S/C14H20F2N4O/c15-14(16,9-17-13(21)20-7-3-4-8-20)12-10-5-1-2-6-11(10)18-19-12/h1-9H2,(H,17,21)(H,18,19). The zero-order chi connectivity index (χ0) is 14.9. The van der Waals surface area contributed by atoms with Crippen molar-refractivity contribution < 1.29 is 13.6 Å². The molecule has 0 radical (unpaired) electrons. The first-order chi connectivity index (χ1) is 10.1. The van der Waals surface area contributed by atoms with Crippen molar-refractivity contribution in [2.24, 2.45) is 0 Å². The van der Waals surface area contributed by atoms with Gasteiger partial charge < -0.3 is 10.2 Å². The first-order valence-corrected chi connectivity index (χ1v) is 7.55. The van der Waals surface area contributed by atoms with Crippen molar-refractivity contribution in [2.75, 3.05) is 19.6 Å². The summed E-state index contributed by atoms with van der Waals surface area (Å²) in [7, 11) is 0. The zero-order valence-electron chi connectivity index (χ0n) is 11.9. The topological polar surface area (TPSA) is 61.0 Å². The van der Waals surface area contributed by atoms with Crippen LogP contribution in [0.2, 0.25) is 0 Å². The van der Waals surface area contributed by atoms with Crippen LogP contribution >= 0.6 is 0 Å². The van der Waals surface area contributed by atoms with E-state index in [1.54, 1.807) is 4.90 Å². The van der Waals surface area contributed by atoms with Crippen LogP contribution in [0.15, 0.2) is 0 Å². The molecule has 0 bridgehead atoms. The van der Waals surface area contributed by atoms with Crippen LogP contribution in [-0.2, 0) is 18.8 Å². The molecule has 1 aromatic rings. The van der Waals surface area contributed by atoms with Crippen molar-refractivity contribution in [3.63, 3.8) is 0 Å². The molecule has 21 heavy (non-hydrogen) atoms. The van der Waals surface area contributed by atoms with Gasteiger partial charge in [-0.1, -0.05) is 0 Å². The first-order valence-electron chi connectivity index (χ1n) is 7.55. The molecule has 2 N–H and O–H groups in total. The van der Waals surface area contributed by atoms with Crippen LogP contribution in [0.25, 0.3) is 0 Å². The molecule has 0 spiro atoms. The number of H-pyrrole nitrogens is 1. The Morgan fingerprint density at radius 2 is 1.95 bits per heavy atom. The Labute approximate surface area is 122 Å². The van der Waals surface area contributed by atoms with Gasteiger partial charge in [0.05, 0.1) is 6.54 Å². The van der Waals surface area contributed by atoms with E-state index < -0.39 is 18.5 Å². The Morgan fingerprint density at radius 1 is 1.24 bits per heavy atom. The molecule has 1 fully saturated rings.